The minimum atomic E-state index is -4.79. The summed E-state index contributed by atoms with van der Waals surface area (Å²) >= 11 is 0. The predicted octanol–water partition coefficient (Wildman–Crippen LogP) is 7.41. The Morgan fingerprint density at radius 1 is 0.919 bits per heavy atom. The van der Waals surface area contributed by atoms with Crippen molar-refractivity contribution in [3.05, 3.63) is 96.2 Å². The summed E-state index contributed by atoms with van der Waals surface area (Å²) in [5, 5.41) is 3.17. The quantitative estimate of drug-likeness (QED) is 0.257. The van der Waals surface area contributed by atoms with Crippen LogP contribution in [0.5, 0.6) is 5.75 Å². The van der Waals surface area contributed by atoms with E-state index in [1.807, 2.05) is 72.2 Å². The summed E-state index contributed by atoms with van der Waals surface area (Å²) < 4.78 is 43.8. The van der Waals surface area contributed by atoms with Crippen LogP contribution in [0.3, 0.4) is 0 Å². The molecule has 192 valence electrons. The molecule has 0 fully saturated rings. The maximum absolute atomic E-state index is 13.8. The number of halogens is 3. The van der Waals surface area contributed by atoms with Crippen molar-refractivity contribution >= 4 is 5.91 Å². The Hall–Kier alpha value is -4.07. The largest absolute Gasteiger partial charge is 0.573 e. The third kappa shape index (κ3) is 6.20. The summed E-state index contributed by atoms with van der Waals surface area (Å²) in [5.74, 6) is -0.0392. The molecular formula is C29H28F3N3O2. The van der Waals surface area contributed by atoms with Gasteiger partial charge in [-0.15, -0.1) is 13.2 Å². The second-order valence-corrected chi connectivity index (χ2v) is 8.54. The number of imidazole rings is 1. The van der Waals surface area contributed by atoms with Crippen LogP contribution in [0, 0.1) is 0 Å². The van der Waals surface area contributed by atoms with Crippen molar-refractivity contribution in [2.75, 3.05) is 0 Å². The molecule has 8 heteroatoms. The van der Waals surface area contributed by atoms with Gasteiger partial charge in [0.25, 0.3) is 5.91 Å². The SMILES string of the molecule is CCCC(NC(=O)c1c(-c2ccc(OC(F)(F)F)cc2)nc(-c2ccccc2)n1CC)c1ccccc1. The summed E-state index contributed by atoms with van der Waals surface area (Å²) in [4.78, 5) is 18.6. The van der Waals surface area contributed by atoms with E-state index in [0.717, 1.165) is 24.0 Å². The van der Waals surface area contributed by atoms with E-state index in [1.165, 1.54) is 24.3 Å². The van der Waals surface area contributed by atoms with Crippen LogP contribution in [0.25, 0.3) is 22.6 Å². The molecule has 37 heavy (non-hydrogen) atoms. The maximum Gasteiger partial charge on any atom is 0.573 e. The Bertz CT molecular complexity index is 1320. The lowest BCUT2D eigenvalue weighted by atomic mass is 10.0. The molecule has 1 aromatic heterocycles. The molecule has 5 nitrogen and oxygen atoms in total. The number of alkyl halides is 3. The summed E-state index contributed by atoms with van der Waals surface area (Å²) in [6.45, 7) is 4.45. The normalized spacial score (nSPS) is 12.2. The van der Waals surface area contributed by atoms with E-state index in [4.69, 9.17) is 4.98 Å². The topological polar surface area (TPSA) is 56.1 Å². The summed E-state index contributed by atoms with van der Waals surface area (Å²) in [6.07, 6.45) is -3.17. The Balaban J connectivity index is 1.79. The summed E-state index contributed by atoms with van der Waals surface area (Å²) in [7, 11) is 0. The van der Waals surface area contributed by atoms with E-state index in [2.05, 4.69) is 17.0 Å². The molecule has 0 aliphatic carbocycles. The van der Waals surface area contributed by atoms with Gasteiger partial charge in [0.05, 0.1) is 6.04 Å². The molecular weight excluding hydrogens is 479 g/mol. The van der Waals surface area contributed by atoms with Gasteiger partial charge in [0, 0.05) is 17.7 Å². The molecule has 4 rings (SSSR count). The number of hydrogen-bond acceptors (Lipinski definition) is 3. The van der Waals surface area contributed by atoms with Crippen molar-refractivity contribution < 1.29 is 22.7 Å². The molecule has 4 aromatic rings. The molecule has 1 N–H and O–H groups in total. The number of carbonyl (C=O) groups is 1. The van der Waals surface area contributed by atoms with Crippen LogP contribution in [0.15, 0.2) is 84.9 Å². The molecule has 0 aliphatic heterocycles. The van der Waals surface area contributed by atoms with Gasteiger partial charge in [-0.2, -0.15) is 0 Å². The molecule has 0 radical (unpaired) electrons. The molecule has 0 spiro atoms. The lowest BCUT2D eigenvalue weighted by molar-refractivity contribution is -0.274. The Kier molecular flexibility index (Phi) is 7.96. The lowest BCUT2D eigenvalue weighted by Crippen LogP contribution is -2.30. The van der Waals surface area contributed by atoms with Crippen LogP contribution in [0.2, 0.25) is 0 Å². The van der Waals surface area contributed by atoms with Crippen LogP contribution in [-0.2, 0) is 6.54 Å². The lowest BCUT2D eigenvalue weighted by Gasteiger charge is -2.20. The Labute approximate surface area is 213 Å². The van der Waals surface area contributed by atoms with Crippen molar-refractivity contribution in [1.29, 1.82) is 0 Å². The zero-order valence-electron chi connectivity index (χ0n) is 20.6. The molecule has 1 atom stereocenters. The summed E-state index contributed by atoms with van der Waals surface area (Å²) in [6, 6.07) is 24.5. The number of amides is 1. The van der Waals surface area contributed by atoms with E-state index >= 15 is 0 Å². The Morgan fingerprint density at radius 3 is 2.11 bits per heavy atom. The molecule has 1 unspecified atom stereocenters. The molecule has 1 amide bonds. The van der Waals surface area contributed by atoms with E-state index in [1.54, 1.807) is 0 Å². The zero-order valence-corrected chi connectivity index (χ0v) is 20.6. The van der Waals surface area contributed by atoms with E-state index in [-0.39, 0.29) is 17.7 Å². The van der Waals surface area contributed by atoms with Crippen LogP contribution in [-0.4, -0.2) is 21.8 Å². The predicted molar refractivity (Wildman–Crippen MR) is 137 cm³/mol. The van der Waals surface area contributed by atoms with Gasteiger partial charge < -0.3 is 14.6 Å². The molecule has 0 bridgehead atoms. The number of nitrogens with zero attached hydrogens (tertiary/aromatic N) is 2. The molecule has 1 heterocycles. The van der Waals surface area contributed by atoms with Crippen molar-refractivity contribution in [3.63, 3.8) is 0 Å². The molecule has 0 saturated carbocycles. The standard InChI is InChI=1S/C29H28F3N3O2/c1-3-11-24(20-12-7-5-8-13-20)33-28(36)26-25(21-16-18-23(19-17-21)37-29(30,31)32)34-27(35(26)4-2)22-14-9-6-10-15-22/h5-10,12-19,24H,3-4,11H2,1-2H3,(H,33,36). The van der Waals surface area contributed by atoms with Gasteiger partial charge in [-0.3, -0.25) is 4.79 Å². The van der Waals surface area contributed by atoms with E-state index < -0.39 is 6.36 Å². The Morgan fingerprint density at radius 2 is 1.54 bits per heavy atom. The number of hydrogen-bond donors (Lipinski definition) is 1. The van der Waals surface area contributed by atoms with Crippen LogP contribution in [0.1, 0.15) is 48.8 Å². The zero-order chi connectivity index (χ0) is 26.4. The average molecular weight is 508 g/mol. The first-order chi connectivity index (χ1) is 17.8. The number of carbonyl (C=O) groups excluding carboxylic acids is 1. The second kappa shape index (κ2) is 11.3. The molecule has 0 aliphatic rings. The number of aromatic nitrogens is 2. The van der Waals surface area contributed by atoms with Crippen molar-refractivity contribution in [1.82, 2.24) is 14.9 Å². The van der Waals surface area contributed by atoms with Crippen LogP contribution >= 0.6 is 0 Å². The first kappa shape index (κ1) is 26.0. The highest BCUT2D eigenvalue weighted by Gasteiger charge is 2.31. The fraction of sp³-hybridized carbons (Fsp3) is 0.241. The van der Waals surface area contributed by atoms with Gasteiger partial charge in [0.2, 0.25) is 0 Å². The summed E-state index contributed by atoms with van der Waals surface area (Å²) in [5.41, 5.74) is 3.08. The van der Waals surface area contributed by atoms with Gasteiger partial charge in [-0.1, -0.05) is 74.0 Å². The van der Waals surface area contributed by atoms with Gasteiger partial charge in [-0.25, -0.2) is 4.98 Å². The third-order valence-electron chi connectivity index (χ3n) is 5.98. The van der Waals surface area contributed by atoms with Crippen LogP contribution < -0.4 is 10.1 Å². The fourth-order valence-corrected chi connectivity index (χ4v) is 4.34. The minimum absolute atomic E-state index is 0.200. The molecule has 0 saturated heterocycles. The number of rotatable bonds is 9. The average Bonchev–Trinajstić information content (AvgIpc) is 3.29. The highest BCUT2D eigenvalue weighted by Crippen LogP contribution is 2.32. The third-order valence-corrected chi connectivity index (χ3v) is 5.98. The number of nitrogens with one attached hydrogen (secondary N) is 1. The highest BCUT2D eigenvalue weighted by molar-refractivity contribution is 5.99. The van der Waals surface area contributed by atoms with E-state index in [9.17, 15) is 18.0 Å². The first-order valence-corrected chi connectivity index (χ1v) is 12.2. The van der Waals surface area contributed by atoms with Crippen LogP contribution in [0.4, 0.5) is 13.2 Å². The monoisotopic (exact) mass is 507 g/mol. The smallest absolute Gasteiger partial charge is 0.406 e. The maximum atomic E-state index is 13.8. The van der Waals surface area contributed by atoms with Gasteiger partial charge in [0.15, 0.2) is 0 Å². The second-order valence-electron chi connectivity index (χ2n) is 8.54. The van der Waals surface area contributed by atoms with Gasteiger partial charge >= 0.3 is 6.36 Å². The van der Waals surface area contributed by atoms with Crippen molar-refractivity contribution in [3.8, 4) is 28.4 Å². The minimum Gasteiger partial charge on any atom is -0.406 e. The van der Waals surface area contributed by atoms with Crippen molar-refractivity contribution in [2.45, 2.75) is 45.6 Å². The van der Waals surface area contributed by atoms with Gasteiger partial charge in [0.1, 0.15) is 23.0 Å². The number of benzene rings is 3. The highest BCUT2D eigenvalue weighted by atomic mass is 19.4. The van der Waals surface area contributed by atoms with Crippen molar-refractivity contribution in [2.24, 2.45) is 0 Å². The van der Waals surface area contributed by atoms with Gasteiger partial charge in [-0.05, 0) is 43.2 Å². The fourth-order valence-electron chi connectivity index (χ4n) is 4.34. The van der Waals surface area contributed by atoms with E-state index in [0.29, 0.717) is 29.3 Å². The first-order valence-electron chi connectivity index (χ1n) is 12.2. The molecule has 3 aromatic carbocycles. The number of ether oxygens (including phenoxy) is 1.